The van der Waals surface area contributed by atoms with Gasteiger partial charge in [0.25, 0.3) is 0 Å². The number of hydrogen-bond acceptors (Lipinski definition) is 3. The van der Waals surface area contributed by atoms with Crippen LogP contribution in [0.3, 0.4) is 0 Å². The largest absolute Gasteiger partial charge is 0.249 e. The van der Waals surface area contributed by atoms with Crippen LogP contribution in [0.15, 0.2) is 129 Å². The fraction of sp³-hybridized carbons (Fsp3) is 0.0244. The molecule has 0 amide bonds. The standard InChI is InChI=1S/C41H21F3O3S2/c1-20-10-23(12-25(42)11-20)36-30-15-21-18-33-31(16-22(21)17-32(30)38-28-6-2-4-8-34(28)48(45)40(36)38)37(24-13-26(43)19-27(44)14-24)41-39(33)29-7-3-5-9-35(29)49(41,46)47/h2-19H,1H3. The van der Waals surface area contributed by atoms with E-state index in [9.17, 15) is 25.8 Å². The van der Waals surface area contributed by atoms with Crippen molar-refractivity contribution in [3.63, 3.8) is 0 Å². The molecular weight excluding hydrogens is 662 g/mol. The van der Waals surface area contributed by atoms with E-state index in [1.807, 2.05) is 61.5 Å². The molecule has 0 N–H and O–H groups in total. The van der Waals surface area contributed by atoms with E-state index in [4.69, 9.17) is 0 Å². The maximum Gasteiger partial charge on any atom is 0.208 e. The van der Waals surface area contributed by atoms with Gasteiger partial charge in [0.2, 0.25) is 9.84 Å². The number of allylic oxidation sites excluding steroid dienone is 2. The smallest absolute Gasteiger partial charge is 0.208 e. The molecule has 49 heavy (non-hydrogen) atoms. The fourth-order valence-corrected chi connectivity index (χ4v) is 11.6. The SMILES string of the molecule is Cc1cc(F)cc(C2=c3cc4cc5c(cc4cc3C3=C2S(=O)c2ccccc23)=C(c2cc(F)cc(F)c2)C2=C5c3ccccc3S2(=O)=O)c1. The summed E-state index contributed by atoms with van der Waals surface area (Å²) < 4.78 is 86.7. The molecule has 3 nitrogen and oxygen atoms in total. The Morgan fingerprint density at radius 2 is 1.12 bits per heavy atom. The Balaban J connectivity index is 1.34. The summed E-state index contributed by atoms with van der Waals surface area (Å²) in [6.07, 6.45) is 0. The molecule has 10 rings (SSSR count). The molecule has 0 bridgehead atoms. The van der Waals surface area contributed by atoms with Crippen molar-refractivity contribution in [2.45, 2.75) is 16.7 Å². The molecular formula is C41H21F3O3S2. The lowest BCUT2D eigenvalue weighted by Gasteiger charge is -2.12. The van der Waals surface area contributed by atoms with Crippen LogP contribution in [0.2, 0.25) is 0 Å². The van der Waals surface area contributed by atoms with Gasteiger partial charge < -0.3 is 0 Å². The molecule has 2 heterocycles. The van der Waals surface area contributed by atoms with Gasteiger partial charge >= 0.3 is 0 Å². The van der Waals surface area contributed by atoms with Gasteiger partial charge in [0.05, 0.1) is 30.4 Å². The Labute approximate surface area is 281 Å². The van der Waals surface area contributed by atoms with Crippen LogP contribution in [0.5, 0.6) is 0 Å². The topological polar surface area (TPSA) is 51.2 Å². The average molecular weight is 683 g/mol. The number of halogens is 3. The molecule has 0 saturated carbocycles. The monoisotopic (exact) mass is 682 g/mol. The molecule has 0 aromatic heterocycles. The van der Waals surface area contributed by atoms with Crippen molar-refractivity contribution in [2.75, 3.05) is 0 Å². The Hall–Kier alpha value is -5.31. The number of rotatable bonds is 2. The van der Waals surface area contributed by atoms with Gasteiger partial charge in [-0.15, -0.1) is 0 Å². The average Bonchev–Trinajstić information content (AvgIpc) is 3.73. The van der Waals surface area contributed by atoms with Crippen LogP contribution in [-0.4, -0.2) is 12.6 Å². The lowest BCUT2D eigenvalue weighted by molar-refractivity contribution is 0.582. The molecule has 1 atom stereocenters. The van der Waals surface area contributed by atoms with Gasteiger partial charge in [-0.25, -0.2) is 25.8 Å². The molecule has 0 fully saturated rings. The first-order valence-corrected chi connectivity index (χ1v) is 18.2. The zero-order valence-electron chi connectivity index (χ0n) is 25.6. The summed E-state index contributed by atoms with van der Waals surface area (Å²) in [5.74, 6) is -2.02. The van der Waals surface area contributed by atoms with Gasteiger partial charge in [0, 0.05) is 39.5 Å². The Morgan fingerprint density at radius 3 is 1.82 bits per heavy atom. The third-order valence-electron chi connectivity index (χ3n) is 9.84. The first kappa shape index (κ1) is 28.7. The second-order valence-electron chi connectivity index (χ2n) is 12.7. The molecule has 1 unspecified atom stereocenters. The van der Waals surface area contributed by atoms with Crippen LogP contribution in [0.1, 0.15) is 38.9 Å². The number of hydrogen-bond donors (Lipinski definition) is 0. The molecule has 6 aromatic rings. The van der Waals surface area contributed by atoms with Crippen molar-refractivity contribution < 1.29 is 25.8 Å². The summed E-state index contributed by atoms with van der Waals surface area (Å²) in [4.78, 5) is 1.50. The number of benzene rings is 6. The van der Waals surface area contributed by atoms with Gasteiger partial charge in [-0.05, 0) is 117 Å². The van der Waals surface area contributed by atoms with E-state index >= 15 is 0 Å². The van der Waals surface area contributed by atoms with E-state index in [0.29, 0.717) is 42.9 Å². The van der Waals surface area contributed by atoms with E-state index in [0.717, 1.165) is 56.5 Å². The van der Waals surface area contributed by atoms with Crippen molar-refractivity contribution in [1.29, 1.82) is 0 Å². The van der Waals surface area contributed by atoms with E-state index in [1.165, 1.54) is 12.1 Å². The first-order chi connectivity index (χ1) is 23.6. The van der Waals surface area contributed by atoms with Crippen molar-refractivity contribution in [3.8, 4) is 0 Å². The zero-order chi connectivity index (χ0) is 33.5. The summed E-state index contributed by atoms with van der Waals surface area (Å²) >= 11 is 0. The van der Waals surface area contributed by atoms with E-state index in [-0.39, 0.29) is 20.9 Å². The predicted molar refractivity (Wildman–Crippen MR) is 184 cm³/mol. The van der Waals surface area contributed by atoms with Crippen LogP contribution in [-0.2, 0) is 20.6 Å². The second kappa shape index (κ2) is 9.65. The molecule has 4 aliphatic rings. The molecule has 0 spiro atoms. The van der Waals surface area contributed by atoms with Gasteiger partial charge in [0.15, 0.2) is 0 Å². The van der Waals surface area contributed by atoms with Crippen LogP contribution >= 0.6 is 0 Å². The predicted octanol–water partition coefficient (Wildman–Crippen LogP) is 7.42. The Morgan fingerprint density at radius 1 is 0.551 bits per heavy atom. The molecule has 2 aliphatic carbocycles. The van der Waals surface area contributed by atoms with Gasteiger partial charge in [-0.1, -0.05) is 42.5 Å². The van der Waals surface area contributed by atoms with Gasteiger partial charge in [-0.3, -0.25) is 0 Å². The van der Waals surface area contributed by atoms with Crippen LogP contribution in [0, 0.1) is 24.4 Å². The lowest BCUT2D eigenvalue weighted by atomic mass is 9.93. The highest BCUT2D eigenvalue weighted by Crippen LogP contribution is 2.51. The molecule has 6 aromatic carbocycles. The maximum absolute atomic E-state index is 14.9. The molecule has 0 radical (unpaired) electrons. The quantitative estimate of drug-likeness (QED) is 0.191. The van der Waals surface area contributed by atoms with Crippen LogP contribution in [0.4, 0.5) is 13.2 Å². The number of fused-ring (bicyclic) bond motifs is 9. The van der Waals surface area contributed by atoms with Crippen LogP contribution in [0.25, 0.3) is 33.1 Å². The van der Waals surface area contributed by atoms with Crippen molar-refractivity contribution in [1.82, 2.24) is 0 Å². The maximum atomic E-state index is 14.9. The Kier molecular flexibility index (Phi) is 5.65. The van der Waals surface area contributed by atoms with E-state index in [1.54, 1.807) is 24.3 Å². The highest BCUT2D eigenvalue weighted by atomic mass is 32.2. The highest BCUT2D eigenvalue weighted by Gasteiger charge is 2.43. The van der Waals surface area contributed by atoms with Crippen molar-refractivity contribution in [2.24, 2.45) is 0 Å². The molecule has 236 valence electrons. The summed E-state index contributed by atoms with van der Waals surface area (Å²) in [6.45, 7) is 1.82. The lowest BCUT2D eigenvalue weighted by Crippen LogP contribution is -2.15. The molecule has 2 aliphatic heterocycles. The minimum absolute atomic E-state index is 0.0316. The van der Waals surface area contributed by atoms with Crippen molar-refractivity contribution in [3.05, 3.63) is 186 Å². The Bertz CT molecular complexity index is 2920. The normalized spacial score (nSPS) is 17.8. The minimum atomic E-state index is -4.03. The zero-order valence-corrected chi connectivity index (χ0v) is 27.2. The van der Waals surface area contributed by atoms with Gasteiger partial charge in [-0.2, -0.15) is 0 Å². The number of aryl methyl sites for hydroxylation is 1. The summed E-state index contributed by atoms with van der Waals surface area (Å²) in [5.41, 5.74) is 6.56. The van der Waals surface area contributed by atoms with Crippen molar-refractivity contribution >= 4 is 53.7 Å². The minimum Gasteiger partial charge on any atom is -0.249 e. The third-order valence-corrected chi connectivity index (χ3v) is 13.3. The van der Waals surface area contributed by atoms with E-state index < -0.39 is 38.1 Å². The third kappa shape index (κ3) is 3.78. The van der Waals surface area contributed by atoms with Crippen LogP contribution < -0.4 is 10.4 Å². The summed E-state index contributed by atoms with van der Waals surface area (Å²) in [6, 6.07) is 29.9. The van der Waals surface area contributed by atoms with Gasteiger partial charge in [0.1, 0.15) is 17.5 Å². The summed E-state index contributed by atoms with van der Waals surface area (Å²) in [5, 5.41) is 2.89. The first-order valence-electron chi connectivity index (χ1n) is 15.6. The summed E-state index contributed by atoms with van der Waals surface area (Å²) in [7, 11) is -5.54. The fourth-order valence-electron chi connectivity index (χ4n) is 8.02. The number of sulfone groups is 1. The second-order valence-corrected chi connectivity index (χ2v) is 16.0. The molecule has 8 heteroatoms. The highest BCUT2D eigenvalue weighted by molar-refractivity contribution is 7.96. The van der Waals surface area contributed by atoms with E-state index in [2.05, 4.69) is 0 Å². The molecule has 0 saturated heterocycles.